The van der Waals surface area contributed by atoms with Crippen LogP contribution < -0.4 is 0 Å². The Kier molecular flexibility index (Phi) is 18.3. The third-order valence-electron chi connectivity index (χ3n) is 19.4. The van der Waals surface area contributed by atoms with Crippen molar-refractivity contribution in [1.29, 1.82) is 0 Å². The topological polar surface area (TPSA) is 0 Å². The van der Waals surface area contributed by atoms with Gasteiger partial charge in [0.2, 0.25) is 0 Å². The molecular weight excluding hydrogens is 1150 g/mol. The molecule has 18 aromatic carbocycles. The van der Waals surface area contributed by atoms with Gasteiger partial charge in [-0.3, -0.25) is 0 Å². The van der Waals surface area contributed by atoms with E-state index >= 15 is 0 Å². The fourth-order valence-corrected chi connectivity index (χ4v) is 14.7. The first-order chi connectivity index (χ1) is 46.5. The van der Waals surface area contributed by atoms with Gasteiger partial charge in [0.25, 0.3) is 0 Å². The maximum atomic E-state index is 2.28. The van der Waals surface area contributed by atoms with Gasteiger partial charge in [-0.25, -0.2) is 0 Å². The van der Waals surface area contributed by atoms with E-state index in [2.05, 4.69) is 374 Å². The molecule has 18 rings (SSSR count). The zero-order valence-electron chi connectivity index (χ0n) is 57.7. The molecule has 0 heteroatoms. The molecule has 0 aromatic heterocycles. The fraction of sp³-hybridized carbons (Fsp3) is 0.125. The maximum Gasteiger partial charge on any atom is -0.00759 e. The van der Waals surface area contributed by atoms with E-state index in [-0.39, 0.29) is 0 Å². The average molecular weight is 1240 g/mol. The van der Waals surface area contributed by atoms with Gasteiger partial charge >= 0.3 is 0 Å². The van der Waals surface area contributed by atoms with Crippen molar-refractivity contribution in [2.24, 2.45) is 0 Å². The van der Waals surface area contributed by atoms with Crippen LogP contribution in [0.1, 0.15) is 66.8 Å². The van der Waals surface area contributed by atoms with Crippen molar-refractivity contribution >= 4 is 129 Å². The first-order valence-electron chi connectivity index (χ1n) is 33.9. The number of hydrogen-bond acceptors (Lipinski definition) is 0. The quantitative estimate of drug-likeness (QED) is 0.133. The molecule has 18 aromatic rings. The van der Waals surface area contributed by atoms with E-state index in [1.807, 2.05) is 0 Å². The van der Waals surface area contributed by atoms with Gasteiger partial charge in [0.1, 0.15) is 0 Å². The van der Waals surface area contributed by atoms with Gasteiger partial charge in [0.05, 0.1) is 0 Å². The number of benzene rings is 18. The second-order valence-corrected chi connectivity index (χ2v) is 26.7. The van der Waals surface area contributed by atoms with Gasteiger partial charge in [-0.05, 0) is 251 Å². The van der Waals surface area contributed by atoms with E-state index in [1.165, 1.54) is 196 Å². The molecule has 0 aliphatic carbocycles. The minimum Gasteiger partial charge on any atom is -0.0616 e. The Labute approximate surface area is 566 Å². The molecule has 0 fully saturated rings. The van der Waals surface area contributed by atoms with Gasteiger partial charge in [-0.15, -0.1) is 0 Å². The molecule has 0 saturated heterocycles. The number of fused-ring (bicyclic) bond motifs is 18. The van der Waals surface area contributed by atoms with Crippen LogP contribution in [0.4, 0.5) is 0 Å². The van der Waals surface area contributed by atoms with Crippen molar-refractivity contribution in [3.05, 3.63) is 358 Å². The Balaban J connectivity index is 0.000000104. The lowest BCUT2D eigenvalue weighted by atomic mass is 9.96. The molecule has 468 valence electrons. The van der Waals surface area contributed by atoms with Crippen LogP contribution in [0.3, 0.4) is 0 Å². The van der Waals surface area contributed by atoms with E-state index in [9.17, 15) is 0 Å². The summed E-state index contributed by atoms with van der Waals surface area (Å²) in [5, 5.41) is 32.5. The van der Waals surface area contributed by atoms with Crippen LogP contribution in [-0.4, -0.2) is 0 Å². The van der Waals surface area contributed by atoms with Crippen molar-refractivity contribution in [2.45, 2.75) is 83.1 Å². The minimum absolute atomic E-state index is 1.32. The summed E-state index contributed by atoms with van der Waals surface area (Å²) in [7, 11) is 0. The number of hydrogen-bond donors (Lipinski definition) is 0. The summed E-state index contributed by atoms with van der Waals surface area (Å²) in [6.45, 7) is 26.0. The second kappa shape index (κ2) is 27.6. The van der Waals surface area contributed by atoms with Crippen LogP contribution in [-0.2, 0) is 0 Å². The van der Waals surface area contributed by atoms with Crippen molar-refractivity contribution in [3.8, 4) is 0 Å². The summed E-state index contributed by atoms with van der Waals surface area (Å²) >= 11 is 0. The predicted molar refractivity (Wildman–Crippen MR) is 426 cm³/mol. The zero-order valence-corrected chi connectivity index (χ0v) is 57.7. The smallest absolute Gasteiger partial charge is 0.00759 e. The Morgan fingerprint density at radius 3 is 1.09 bits per heavy atom. The Hall–Kier alpha value is -10.9. The van der Waals surface area contributed by atoms with Crippen LogP contribution in [0.15, 0.2) is 291 Å². The van der Waals surface area contributed by atoms with Crippen LogP contribution in [0.25, 0.3) is 129 Å². The Morgan fingerprint density at radius 2 is 0.438 bits per heavy atom. The molecule has 0 atom stereocenters. The molecule has 0 N–H and O–H groups in total. The maximum absolute atomic E-state index is 2.28. The number of aryl methyl sites for hydroxylation is 12. The lowest BCUT2D eigenvalue weighted by Crippen LogP contribution is -1.83. The molecule has 0 saturated carbocycles. The molecule has 0 aliphatic rings. The van der Waals surface area contributed by atoms with Crippen LogP contribution in [0, 0.1) is 83.1 Å². The van der Waals surface area contributed by atoms with Gasteiger partial charge in [-0.2, -0.15) is 0 Å². The van der Waals surface area contributed by atoms with Crippen LogP contribution in [0.2, 0.25) is 0 Å². The van der Waals surface area contributed by atoms with Crippen LogP contribution >= 0.6 is 0 Å². The molecule has 0 amide bonds. The average Bonchev–Trinajstić information content (AvgIpc) is 0.821. The standard InChI is InChI=1S/6C16H14/c1-11-5-4-8-15-14(11)10-9-13-7-3-6-12(2)16(13)15;1-11-6-8-15-13(10-11)7-9-14-12(2)4-3-5-16(14)15;1-11-9-12(2)14-8-7-13-5-3-4-6-15(13)16(14)10-11;1-11-9-12(2)16-14(10-11)8-7-13-5-3-4-6-15(13)16;1-11-7-8-15-13(9-11)10-12(2)14-5-3-4-6-16(14)15;1-11-7-8-14-12(2)10-13-5-3-4-6-15(13)16(14)9-11/h6*3-10H,1-2H3. The van der Waals surface area contributed by atoms with Crippen LogP contribution in [0.5, 0.6) is 0 Å². The molecular formula is C96H84. The van der Waals surface area contributed by atoms with Crippen molar-refractivity contribution in [3.63, 3.8) is 0 Å². The normalized spacial score (nSPS) is 11.1. The minimum atomic E-state index is 1.32. The highest BCUT2D eigenvalue weighted by atomic mass is 14.1. The Bertz CT molecular complexity index is 5900. The van der Waals surface area contributed by atoms with Gasteiger partial charge < -0.3 is 0 Å². The number of rotatable bonds is 0. The summed E-state index contributed by atoms with van der Waals surface area (Å²) < 4.78 is 0. The van der Waals surface area contributed by atoms with Crippen molar-refractivity contribution < 1.29 is 0 Å². The van der Waals surface area contributed by atoms with E-state index in [0.717, 1.165) is 0 Å². The molecule has 0 spiro atoms. The summed E-state index contributed by atoms with van der Waals surface area (Å²) in [4.78, 5) is 0. The first-order valence-corrected chi connectivity index (χ1v) is 33.9. The van der Waals surface area contributed by atoms with Gasteiger partial charge in [0.15, 0.2) is 0 Å². The second-order valence-electron chi connectivity index (χ2n) is 26.7. The molecule has 0 heterocycles. The SMILES string of the molecule is Cc1cc(C)c2c(ccc3ccccc32)c1.Cc1cc(C)c2ccc3ccccc3c2c1.Cc1ccc2c(C)cc3ccccc3c2c1.Cc1ccc2c(c1)cc(C)c1ccccc12.Cc1ccc2c(ccc3c(C)cccc32)c1.Cc1cccc2c1ccc1cccc(C)c12. The van der Waals surface area contributed by atoms with E-state index in [0.29, 0.717) is 0 Å². The predicted octanol–water partition coefficient (Wildman–Crippen LogP) is 27.7. The van der Waals surface area contributed by atoms with E-state index in [1.54, 1.807) is 0 Å². The monoisotopic (exact) mass is 1240 g/mol. The molecule has 0 nitrogen and oxygen atoms in total. The fourth-order valence-electron chi connectivity index (χ4n) is 14.7. The lowest BCUT2D eigenvalue weighted by Gasteiger charge is -2.08. The highest BCUT2D eigenvalue weighted by Gasteiger charge is 2.09. The molecule has 0 radical (unpaired) electrons. The lowest BCUT2D eigenvalue weighted by molar-refractivity contribution is 1.43. The Morgan fingerprint density at radius 1 is 0.125 bits per heavy atom. The molecule has 0 aliphatic heterocycles. The highest BCUT2D eigenvalue weighted by Crippen LogP contribution is 2.35. The summed E-state index contributed by atoms with van der Waals surface area (Å²) in [5.41, 5.74) is 16.1. The molecule has 0 bridgehead atoms. The molecule has 0 unspecified atom stereocenters. The van der Waals surface area contributed by atoms with E-state index in [4.69, 9.17) is 0 Å². The first kappa shape index (κ1) is 63.8. The van der Waals surface area contributed by atoms with Crippen molar-refractivity contribution in [1.82, 2.24) is 0 Å². The summed E-state index contributed by atoms with van der Waals surface area (Å²) in [6, 6.07) is 105. The third-order valence-corrected chi connectivity index (χ3v) is 19.4. The van der Waals surface area contributed by atoms with Crippen molar-refractivity contribution in [2.75, 3.05) is 0 Å². The summed E-state index contributed by atoms with van der Waals surface area (Å²) in [5.74, 6) is 0. The van der Waals surface area contributed by atoms with Gasteiger partial charge in [-0.1, -0.05) is 319 Å². The largest absolute Gasteiger partial charge is 0.0616 e. The third kappa shape index (κ3) is 13.2. The zero-order chi connectivity index (χ0) is 66.7. The summed E-state index contributed by atoms with van der Waals surface area (Å²) in [6.07, 6.45) is 0. The highest BCUT2D eigenvalue weighted by molar-refractivity contribution is 6.14. The van der Waals surface area contributed by atoms with Gasteiger partial charge in [0, 0.05) is 0 Å². The van der Waals surface area contributed by atoms with E-state index < -0.39 is 0 Å². The molecule has 96 heavy (non-hydrogen) atoms.